The van der Waals surface area contributed by atoms with Crippen molar-refractivity contribution in [3.8, 4) is 11.4 Å². The summed E-state index contributed by atoms with van der Waals surface area (Å²) in [6.07, 6.45) is 0.848. The van der Waals surface area contributed by atoms with Crippen LogP contribution in [0, 0.1) is 6.92 Å². The molecular formula is C16H19ClN2OS. The van der Waals surface area contributed by atoms with Gasteiger partial charge in [-0.3, -0.25) is 4.79 Å². The summed E-state index contributed by atoms with van der Waals surface area (Å²) >= 11 is 8.01. The maximum absolute atomic E-state index is 12.1. The molecule has 0 saturated carbocycles. The number of hydrogen-bond donors (Lipinski definition) is 1. The Morgan fingerprint density at radius 1 is 1.33 bits per heavy atom. The molecule has 3 nitrogen and oxygen atoms in total. The fourth-order valence-electron chi connectivity index (χ4n) is 2.18. The van der Waals surface area contributed by atoms with Crippen LogP contribution < -0.4 is 5.56 Å². The number of halogens is 1. The number of H-pyrrole nitrogens is 1. The largest absolute Gasteiger partial charge is 0.306 e. The minimum atomic E-state index is -0.0381. The number of benzene rings is 1. The average molecular weight is 323 g/mol. The third kappa shape index (κ3) is 3.50. The summed E-state index contributed by atoms with van der Waals surface area (Å²) in [6.45, 7) is 5.98. The van der Waals surface area contributed by atoms with Crippen molar-refractivity contribution in [3.63, 3.8) is 0 Å². The molecule has 112 valence electrons. The standard InChI is InChI=1S/C14H13ClN2OS.C2H6/c1-8-2-3-9(11(15)6-8)13-16-12-4-5-19-7-10(12)14(18)17-13;1-2/h2-3,6H,4-5,7H2,1H3,(H,16,17,18);1-2H3. The van der Waals surface area contributed by atoms with Crippen LogP contribution in [0.3, 0.4) is 0 Å². The van der Waals surface area contributed by atoms with Crippen molar-refractivity contribution < 1.29 is 0 Å². The van der Waals surface area contributed by atoms with E-state index in [-0.39, 0.29) is 5.56 Å². The lowest BCUT2D eigenvalue weighted by atomic mass is 10.1. The zero-order valence-corrected chi connectivity index (χ0v) is 14.1. The van der Waals surface area contributed by atoms with Gasteiger partial charge in [-0.2, -0.15) is 11.8 Å². The second-order valence-corrected chi connectivity index (χ2v) is 6.14. The molecule has 0 unspecified atom stereocenters. The van der Waals surface area contributed by atoms with Crippen molar-refractivity contribution in [2.24, 2.45) is 0 Å². The molecule has 1 aliphatic heterocycles. The van der Waals surface area contributed by atoms with Crippen LogP contribution in [0.4, 0.5) is 0 Å². The van der Waals surface area contributed by atoms with Gasteiger partial charge in [0.2, 0.25) is 0 Å². The quantitative estimate of drug-likeness (QED) is 0.855. The van der Waals surface area contributed by atoms with E-state index in [9.17, 15) is 4.79 Å². The molecule has 21 heavy (non-hydrogen) atoms. The lowest BCUT2D eigenvalue weighted by Gasteiger charge is -2.14. The molecule has 0 bridgehead atoms. The molecule has 2 aromatic rings. The highest BCUT2D eigenvalue weighted by Crippen LogP contribution is 2.27. The maximum atomic E-state index is 12.1. The van der Waals surface area contributed by atoms with Crippen molar-refractivity contribution in [2.75, 3.05) is 5.75 Å². The molecule has 0 spiro atoms. The first-order valence-corrected chi connectivity index (χ1v) is 8.65. The first-order chi connectivity index (χ1) is 10.1. The topological polar surface area (TPSA) is 45.8 Å². The summed E-state index contributed by atoms with van der Waals surface area (Å²) in [7, 11) is 0. The van der Waals surface area contributed by atoms with Gasteiger partial charge >= 0.3 is 0 Å². The monoisotopic (exact) mass is 322 g/mol. The van der Waals surface area contributed by atoms with Gasteiger partial charge in [0, 0.05) is 16.9 Å². The van der Waals surface area contributed by atoms with Crippen LogP contribution in [0.2, 0.25) is 5.02 Å². The highest BCUT2D eigenvalue weighted by molar-refractivity contribution is 7.98. The molecule has 0 saturated heterocycles. The summed E-state index contributed by atoms with van der Waals surface area (Å²) in [5.74, 6) is 2.34. The second kappa shape index (κ2) is 7.14. The summed E-state index contributed by atoms with van der Waals surface area (Å²) in [5, 5.41) is 0.619. The SMILES string of the molecule is CC.Cc1ccc(-c2nc3c(c(=O)[nH]2)CSCC3)c(Cl)c1. The Labute approximate surface area is 134 Å². The number of fused-ring (bicyclic) bond motifs is 1. The van der Waals surface area contributed by atoms with E-state index < -0.39 is 0 Å². The van der Waals surface area contributed by atoms with Crippen LogP contribution in [0.25, 0.3) is 11.4 Å². The van der Waals surface area contributed by atoms with Gasteiger partial charge < -0.3 is 4.98 Å². The summed E-state index contributed by atoms with van der Waals surface area (Å²) in [4.78, 5) is 19.5. The Morgan fingerprint density at radius 3 is 2.81 bits per heavy atom. The van der Waals surface area contributed by atoms with Gasteiger partial charge in [0.25, 0.3) is 5.56 Å². The molecule has 0 atom stereocenters. The van der Waals surface area contributed by atoms with E-state index in [0.717, 1.165) is 40.3 Å². The molecule has 2 heterocycles. The molecule has 1 N–H and O–H groups in total. The molecule has 1 aromatic carbocycles. The van der Waals surface area contributed by atoms with Gasteiger partial charge in [-0.1, -0.05) is 31.5 Å². The van der Waals surface area contributed by atoms with E-state index in [1.807, 2.05) is 39.0 Å². The van der Waals surface area contributed by atoms with E-state index in [4.69, 9.17) is 11.6 Å². The molecule has 3 rings (SSSR count). The highest BCUT2D eigenvalue weighted by Gasteiger charge is 2.17. The fraction of sp³-hybridized carbons (Fsp3) is 0.375. The van der Waals surface area contributed by atoms with E-state index >= 15 is 0 Å². The van der Waals surface area contributed by atoms with E-state index in [1.54, 1.807) is 11.8 Å². The summed E-state index contributed by atoms with van der Waals surface area (Å²) in [5.41, 5.74) is 3.55. The average Bonchev–Trinajstić information content (AvgIpc) is 2.49. The third-order valence-electron chi connectivity index (χ3n) is 3.21. The number of aromatic nitrogens is 2. The highest BCUT2D eigenvalue weighted by atomic mass is 35.5. The molecule has 0 aliphatic carbocycles. The van der Waals surface area contributed by atoms with Crippen molar-refractivity contribution in [2.45, 2.75) is 32.9 Å². The minimum absolute atomic E-state index is 0.0381. The predicted molar refractivity (Wildman–Crippen MR) is 91.3 cm³/mol. The number of hydrogen-bond acceptors (Lipinski definition) is 3. The van der Waals surface area contributed by atoms with Crippen LogP contribution in [0.15, 0.2) is 23.0 Å². The van der Waals surface area contributed by atoms with E-state index in [0.29, 0.717) is 10.8 Å². The van der Waals surface area contributed by atoms with Crippen LogP contribution in [-0.4, -0.2) is 15.7 Å². The van der Waals surface area contributed by atoms with Crippen molar-refractivity contribution in [1.82, 2.24) is 9.97 Å². The second-order valence-electron chi connectivity index (χ2n) is 4.63. The zero-order chi connectivity index (χ0) is 15.4. The van der Waals surface area contributed by atoms with Crippen LogP contribution in [-0.2, 0) is 12.2 Å². The Bertz CT molecular complexity index is 697. The van der Waals surface area contributed by atoms with Gasteiger partial charge in [0.1, 0.15) is 5.82 Å². The first kappa shape index (κ1) is 16.1. The number of thioether (sulfide) groups is 1. The van der Waals surface area contributed by atoms with Crippen LogP contribution in [0.5, 0.6) is 0 Å². The molecule has 1 aromatic heterocycles. The summed E-state index contributed by atoms with van der Waals surface area (Å²) in [6, 6.07) is 5.75. The lowest BCUT2D eigenvalue weighted by molar-refractivity contribution is 0.938. The van der Waals surface area contributed by atoms with Crippen molar-refractivity contribution in [3.05, 3.63) is 50.4 Å². The van der Waals surface area contributed by atoms with Gasteiger partial charge in [0.05, 0.1) is 10.7 Å². The maximum Gasteiger partial charge on any atom is 0.255 e. The Morgan fingerprint density at radius 2 is 2.10 bits per heavy atom. The van der Waals surface area contributed by atoms with Gasteiger partial charge in [-0.05, 0) is 36.8 Å². The van der Waals surface area contributed by atoms with Crippen LogP contribution in [0.1, 0.15) is 30.7 Å². The van der Waals surface area contributed by atoms with E-state index in [2.05, 4.69) is 9.97 Å². The van der Waals surface area contributed by atoms with Crippen LogP contribution >= 0.6 is 23.4 Å². The molecule has 0 amide bonds. The first-order valence-electron chi connectivity index (χ1n) is 7.11. The predicted octanol–water partition coefficient (Wildman–Crippen LogP) is 4.21. The smallest absolute Gasteiger partial charge is 0.255 e. The van der Waals surface area contributed by atoms with Gasteiger partial charge in [0.15, 0.2) is 0 Å². The molecule has 5 heteroatoms. The Balaban J connectivity index is 0.000000774. The minimum Gasteiger partial charge on any atom is -0.306 e. The van der Waals surface area contributed by atoms with Crippen molar-refractivity contribution >= 4 is 23.4 Å². The number of nitrogens with one attached hydrogen (secondary N) is 1. The zero-order valence-electron chi connectivity index (χ0n) is 12.5. The Kier molecular flexibility index (Phi) is 5.48. The molecule has 0 fully saturated rings. The summed E-state index contributed by atoms with van der Waals surface area (Å²) < 4.78 is 0. The number of aromatic amines is 1. The van der Waals surface area contributed by atoms with Gasteiger partial charge in [-0.25, -0.2) is 4.98 Å². The van der Waals surface area contributed by atoms with Crippen molar-refractivity contribution in [1.29, 1.82) is 0 Å². The lowest BCUT2D eigenvalue weighted by Crippen LogP contribution is -2.21. The number of rotatable bonds is 1. The van der Waals surface area contributed by atoms with Gasteiger partial charge in [-0.15, -0.1) is 0 Å². The molecular weight excluding hydrogens is 304 g/mol. The number of aryl methyl sites for hydroxylation is 2. The molecule has 1 aliphatic rings. The normalized spacial score (nSPS) is 13.1. The number of nitrogens with zero attached hydrogens (tertiary/aromatic N) is 1. The third-order valence-corrected chi connectivity index (χ3v) is 4.51. The Hall–Kier alpha value is -1.26. The molecule has 0 radical (unpaired) electrons. The fourth-order valence-corrected chi connectivity index (χ4v) is 3.49. The van der Waals surface area contributed by atoms with E-state index in [1.165, 1.54) is 0 Å².